The standard InChI is InChI=1S/C30H29N2SSi2.C13H24O2.Ir/c1-19-27-30(33-29(19)22-11-12-25-21(16-22)13-14-35(25,5)6)28(32-18-31-27)23-15-20-9-7-8-10-24(20)26(17-23)34(2,3)4;1-5-10(6-2)12(14)9-13(15)11(7-3)8-4;/h7-14,16-18H,1-6H3;9-11,14H,5-8H2,1-4H3;/q-1;;/b;12-9-;. The maximum atomic E-state index is 11.7. The monoisotopic (exact) mass is 910 g/mol. The van der Waals surface area contributed by atoms with Gasteiger partial charge >= 0.3 is 0 Å². The molecule has 1 aliphatic heterocycles. The fourth-order valence-electron chi connectivity index (χ4n) is 7.07. The summed E-state index contributed by atoms with van der Waals surface area (Å²) in [7, 11) is -3.00. The van der Waals surface area contributed by atoms with Crippen LogP contribution in [0.5, 0.6) is 0 Å². The minimum absolute atomic E-state index is 0. The van der Waals surface area contributed by atoms with Crippen LogP contribution in [0.4, 0.5) is 0 Å². The number of allylic oxidation sites excluding steroid dienone is 2. The van der Waals surface area contributed by atoms with Crippen LogP contribution in [0.25, 0.3) is 48.8 Å². The number of aryl methyl sites for hydroxylation is 1. The zero-order chi connectivity index (χ0) is 36.4. The summed E-state index contributed by atoms with van der Waals surface area (Å²) in [4.78, 5) is 22.5. The predicted octanol–water partition coefficient (Wildman–Crippen LogP) is 11.2. The normalized spacial score (nSPS) is 13.8. The smallest absolute Gasteiger partial charge is 0.162 e. The number of carbonyl (C=O) groups is 1. The first-order valence-corrected chi connectivity index (χ1v) is 25.6. The van der Waals surface area contributed by atoms with Crippen LogP contribution in [0.1, 0.15) is 64.5 Å². The van der Waals surface area contributed by atoms with Gasteiger partial charge < -0.3 is 5.11 Å². The summed E-state index contributed by atoms with van der Waals surface area (Å²) in [6, 6.07) is 21.7. The second-order valence-electron chi connectivity index (χ2n) is 15.2. The molecule has 0 bridgehead atoms. The molecule has 1 radical (unpaired) electrons. The average molecular weight is 910 g/mol. The zero-order valence-electron chi connectivity index (χ0n) is 31.9. The number of fused-ring (bicyclic) bond motifs is 3. The number of carbonyl (C=O) groups excluding carboxylic acids is 1. The number of aromatic nitrogens is 2. The molecule has 0 saturated heterocycles. The van der Waals surface area contributed by atoms with Gasteiger partial charge in [0.25, 0.3) is 0 Å². The Morgan fingerprint density at radius 2 is 1.63 bits per heavy atom. The van der Waals surface area contributed by atoms with E-state index in [0.717, 1.165) is 47.2 Å². The van der Waals surface area contributed by atoms with E-state index >= 15 is 0 Å². The zero-order valence-corrected chi connectivity index (χ0v) is 37.1. The SMILES string of the molecule is CCC(CC)C(=O)/C=C(\O)C(CC)CC.Cc1c(-c2ccc3c(c2)C=C[Si]3(C)C)sc2c(-c3[c-]c4ccccc4c([Si](C)(C)C)c3)ncnc12.[Ir]. The Balaban J connectivity index is 0.000000312. The van der Waals surface area contributed by atoms with Gasteiger partial charge in [0.05, 0.1) is 19.3 Å². The molecule has 3 heterocycles. The average Bonchev–Trinajstić information content (AvgIpc) is 3.59. The Morgan fingerprint density at radius 1 is 0.961 bits per heavy atom. The van der Waals surface area contributed by atoms with E-state index < -0.39 is 16.1 Å². The third kappa shape index (κ3) is 8.63. The second kappa shape index (κ2) is 16.8. The van der Waals surface area contributed by atoms with E-state index in [2.05, 4.69) is 106 Å². The molecule has 6 rings (SSSR count). The van der Waals surface area contributed by atoms with Crippen molar-refractivity contribution in [1.29, 1.82) is 0 Å². The number of ketones is 1. The van der Waals surface area contributed by atoms with Crippen LogP contribution >= 0.6 is 11.3 Å². The molecule has 0 unspecified atom stereocenters. The van der Waals surface area contributed by atoms with E-state index in [1.165, 1.54) is 48.8 Å². The topological polar surface area (TPSA) is 63.1 Å². The number of benzene rings is 3. The molecular weight excluding hydrogens is 857 g/mol. The first-order valence-electron chi connectivity index (χ1n) is 18.2. The summed E-state index contributed by atoms with van der Waals surface area (Å²) in [6.45, 7) is 22.3. The van der Waals surface area contributed by atoms with Gasteiger partial charge in [0.1, 0.15) is 14.4 Å². The van der Waals surface area contributed by atoms with Crippen molar-refractivity contribution >= 4 is 70.7 Å². The summed E-state index contributed by atoms with van der Waals surface area (Å²) in [5, 5.41) is 15.2. The van der Waals surface area contributed by atoms with Gasteiger partial charge in [-0.05, 0) is 60.6 Å². The van der Waals surface area contributed by atoms with Gasteiger partial charge in [-0.3, -0.25) is 9.78 Å². The molecule has 51 heavy (non-hydrogen) atoms. The maximum absolute atomic E-state index is 11.7. The van der Waals surface area contributed by atoms with Crippen molar-refractivity contribution in [3.63, 3.8) is 0 Å². The van der Waals surface area contributed by atoms with Crippen molar-refractivity contribution in [1.82, 2.24) is 9.97 Å². The van der Waals surface area contributed by atoms with Gasteiger partial charge in [-0.15, -0.1) is 40.1 Å². The molecule has 8 heteroatoms. The molecular formula is C43H53IrN2O2SSi2-. The van der Waals surface area contributed by atoms with E-state index in [1.54, 1.807) is 6.33 Å². The number of rotatable bonds is 10. The maximum Gasteiger partial charge on any atom is 0.162 e. The Kier molecular flexibility index (Phi) is 13.4. The molecule has 4 nitrogen and oxygen atoms in total. The van der Waals surface area contributed by atoms with Crippen LogP contribution in [0.2, 0.25) is 32.7 Å². The number of nitrogens with zero attached hydrogens (tertiary/aromatic N) is 2. The molecule has 3 aromatic carbocycles. The fraction of sp³-hybridized carbons (Fsp3) is 0.372. The van der Waals surface area contributed by atoms with Crippen molar-refractivity contribution < 1.29 is 30.0 Å². The molecule has 5 aromatic rings. The third-order valence-corrected chi connectivity index (χ3v) is 16.5. The Hall–Kier alpha value is -3.01. The van der Waals surface area contributed by atoms with E-state index in [1.807, 2.05) is 39.0 Å². The molecule has 0 fully saturated rings. The molecule has 2 aromatic heterocycles. The van der Waals surface area contributed by atoms with Crippen molar-refractivity contribution in [3.05, 3.63) is 89.6 Å². The largest absolute Gasteiger partial charge is 0.512 e. The van der Waals surface area contributed by atoms with Crippen LogP contribution in [0, 0.1) is 24.8 Å². The molecule has 271 valence electrons. The van der Waals surface area contributed by atoms with Crippen molar-refractivity contribution in [2.45, 2.75) is 93.0 Å². The van der Waals surface area contributed by atoms with Crippen LogP contribution < -0.4 is 10.4 Å². The summed E-state index contributed by atoms with van der Waals surface area (Å²) < 4.78 is 1.15. The molecule has 0 spiro atoms. The van der Waals surface area contributed by atoms with Gasteiger partial charge in [-0.1, -0.05) is 113 Å². The van der Waals surface area contributed by atoms with E-state index in [-0.39, 0.29) is 43.5 Å². The van der Waals surface area contributed by atoms with Gasteiger partial charge in [-0.2, -0.15) is 0 Å². The first kappa shape index (κ1) is 40.8. The summed E-state index contributed by atoms with van der Waals surface area (Å²) >= 11 is 1.82. The van der Waals surface area contributed by atoms with E-state index in [4.69, 9.17) is 9.97 Å². The number of aliphatic hydroxyl groups is 1. The van der Waals surface area contributed by atoms with Crippen LogP contribution in [-0.4, -0.2) is 37.0 Å². The Bertz CT molecular complexity index is 2090. The molecule has 0 aliphatic carbocycles. The third-order valence-electron chi connectivity index (χ3n) is 10.3. The van der Waals surface area contributed by atoms with Gasteiger partial charge in [0, 0.05) is 53.3 Å². The fourth-order valence-corrected chi connectivity index (χ4v) is 12.1. The number of aliphatic hydroxyl groups excluding tert-OH is 1. The number of hydrogen-bond acceptors (Lipinski definition) is 5. The summed E-state index contributed by atoms with van der Waals surface area (Å²) in [5.41, 5.74) is 9.45. The quantitative estimate of drug-likeness (QED) is 0.0656. The minimum Gasteiger partial charge on any atom is -0.512 e. The molecule has 0 amide bonds. The minimum atomic E-state index is -1.57. The van der Waals surface area contributed by atoms with Crippen LogP contribution in [0.3, 0.4) is 0 Å². The van der Waals surface area contributed by atoms with Crippen molar-refractivity contribution in [2.24, 2.45) is 11.8 Å². The number of thiophene rings is 1. The predicted molar refractivity (Wildman–Crippen MR) is 222 cm³/mol. The summed E-state index contributed by atoms with van der Waals surface area (Å²) in [6.07, 6.45) is 8.95. The Morgan fingerprint density at radius 3 is 2.27 bits per heavy atom. The Labute approximate surface area is 324 Å². The van der Waals surface area contributed by atoms with Gasteiger partial charge in [-0.25, -0.2) is 4.98 Å². The van der Waals surface area contributed by atoms with Crippen molar-refractivity contribution in [2.75, 3.05) is 0 Å². The summed E-state index contributed by atoms with van der Waals surface area (Å²) in [5.74, 6) is 0.547. The van der Waals surface area contributed by atoms with Crippen molar-refractivity contribution in [3.8, 4) is 21.7 Å². The second-order valence-corrected chi connectivity index (χ2v) is 25.6. The van der Waals surface area contributed by atoms with E-state index in [0.29, 0.717) is 0 Å². The number of hydrogen-bond donors (Lipinski definition) is 1. The van der Waals surface area contributed by atoms with Crippen LogP contribution in [0.15, 0.2) is 72.4 Å². The molecule has 0 saturated carbocycles. The van der Waals surface area contributed by atoms with Crippen LogP contribution in [-0.2, 0) is 24.9 Å². The molecule has 0 atom stereocenters. The van der Waals surface area contributed by atoms with E-state index in [9.17, 15) is 9.90 Å². The molecule has 1 N–H and O–H groups in total. The first-order chi connectivity index (χ1) is 23.7. The van der Waals surface area contributed by atoms with Gasteiger partial charge in [0.2, 0.25) is 0 Å². The van der Waals surface area contributed by atoms with Gasteiger partial charge in [0.15, 0.2) is 5.78 Å². The molecule has 1 aliphatic rings.